The van der Waals surface area contributed by atoms with Crippen molar-refractivity contribution < 1.29 is 9.53 Å². The molecule has 0 saturated carbocycles. The first kappa shape index (κ1) is 13.1. The van der Waals surface area contributed by atoms with Crippen LogP contribution in [0.1, 0.15) is 26.7 Å². The number of ether oxygens (including phenoxy) is 1. The fourth-order valence-corrected chi connectivity index (χ4v) is 1.02. The molecule has 0 aliphatic heterocycles. The third kappa shape index (κ3) is 6.62. The Kier molecular flexibility index (Phi) is 6.16. The molecule has 0 aromatic carbocycles. The van der Waals surface area contributed by atoms with E-state index in [9.17, 15) is 4.79 Å². The van der Waals surface area contributed by atoms with E-state index in [2.05, 4.69) is 6.58 Å². The largest absolute Gasteiger partial charge is 0.462 e. The van der Waals surface area contributed by atoms with Crippen LogP contribution in [0.15, 0.2) is 12.2 Å². The standard InChI is InChI=1S/C10H20N2O2/c1-7(2)10(13)14-5-4-9(12)6-8(3)11/h8-9H,1,4-6,11-12H2,2-3H3. The highest BCUT2D eigenvalue weighted by Gasteiger charge is 2.07. The Morgan fingerprint density at radius 2 is 2.07 bits per heavy atom. The molecule has 0 aliphatic carbocycles. The molecule has 4 N–H and O–H groups in total. The summed E-state index contributed by atoms with van der Waals surface area (Å²) in [6, 6.07) is 0.0785. The first-order valence-corrected chi connectivity index (χ1v) is 4.77. The minimum Gasteiger partial charge on any atom is -0.462 e. The number of carbonyl (C=O) groups is 1. The molecular weight excluding hydrogens is 180 g/mol. The van der Waals surface area contributed by atoms with Gasteiger partial charge in [0, 0.05) is 17.7 Å². The highest BCUT2D eigenvalue weighted by Crippen LogP contribution is 2.00. The Morgan fingerprint density at radius 1 is 1.50 bits per heavy atom. The monoisotopic (exact) mass is 200 g/mol. The van der Waals surface area contributed by atoms with Gasteiger partial charge in [0.1, 0.15) is 0 Å². The van der Waals surface area contributed by atoms with Crippen molar-refractivity contribution in [3.63, 3.8) is 0 Å². The number of hydrogen-bond acceptors (Lipinski definition) is 4. The third-order valence-corrected chi connectivity index (χ3v) is 1.74. The van der Waals surface area contributed by atoms with Crippen LogP contribution < -0.4 is 11.5 Å². The summed E-state index contributed by atoms with van der Waals surface area (Å²) in [5, 5.41) is 0. The fourth-order valence-electron chi connectivity index (χ4n) is 1.02. The lowest BCUT2D eigenvalue weighted by Crippen LogP contribution is -2.30. The Hall–Kier alpha value is -0.870. The summed E-state index contributed by atoms with van der Waals surface area (Å²) in [4.78, 5) is 11.0. The molecule has 0 aromatic rings. The van der Waals surface area contributed by atoms with Crippen LogP contribution in [0.4, 0.5) is 0 Å². The second kappa shape index (κ2) is 6.56. The normalized spacial score (nSPS) is 14.6. The number of rotatable bonds is 6. The van der Waals surface area contributed by atoms with Gasteiger partial charge in [-0.3, -0.25) is 0 Å². The quantitative estimate of drug-likeness (QED) is 0.485. The molecule has 0 heterocycles. The molecule has 4 heteroatoms. The highest BCUT2D eigenvalue weighted by atomic mass is 16.5. The smallest absolute Gasteiger partial charge is 0.333 e. The van der Waals surface area contributed by atoms with Gasteiger partial charge in [-0.05, 0) is 26.7 Å². The second-order valence-electron chi connectivity index (χ2n) is 3.68. The van der Waals surface area contributed by atoms with E-state index in [4.69, 9.17) is 16.2 Å². The molecule has 4 nitrogen and oxygen atoms in total. The minimum atomic E-state index is -0.363. The van der Waals surface area contributed by atoms with E-state index >= 15 is 0 Å². The van der Waals surface area contributed by atoms with Gasteiger partial charge in [0.05, 0.1) is 6.61 Å². The van der Waals surface area contributed by atoms with Crippen molar-refractivity contribution >= 4 is 5.97 Å². The second-order valence-corrected chi connectivity index (χ2v) is 3.68. The van der Waals surface area contributed by atoms with Crippen LogP contribution in [0.2, 0.25) is 0 Å². The fraction of sp³-hybridized carbons (Fsp3) is 0.700. The van der Waals surface area contributed by atoms with E-state index in [1.165, 1.54) is 0 Å². The van der Waals surface area contributed by atoms with Crippen molar-refractivity contribution in [2.24, 2.45) is 11.5 Å². The number of nitrogens with two attached hydrogens (primary N) is 2. The maximum absolute atomic E-state index is 11.0. The summed E-state index contributed by atoms with van der Waals surface area (Å²) in [6.07, 6.45) is 1.38. The van der Waals surface area contributed by atoms with E-state index in [1.807, 2.05) is 6.92 Å². The SMILES string of the molecule is C=C(C)C(=O)OCCC(N)CC(C)N. The van der Waals surface area contributed by atoms with Crippen molar-refractivity contribution in [2.75, 3.05) is 6.61 Å². The molecule has 0 aliphatic rings. The topological polar surface area (TPSA) is 78.3 Å². The number of carbonyl (C=O) groups excluding carboxylic acids is 1. The minimum absolute atomic E-state index is 0.00655. The van der Waals surface area contributed by atoms with E-state index in [1.54, 1.807) is 6.92 Å². The van der Waals surface area contributed by atoms with Crippen LogP contribution in [0.25, 0.3) is 0 Å². The molecule has 0 bridgehead atoms. The number of esters is 1. The third-order valence-electron chi connectivity index (χ3n) is 1.74. The number of hydrogen-bond donors (Lipinski definition) is 2. The molecule has 0 saturated heterocycles. The predicted molar refractivity (Wildman–Crippen MR) is 56.6 cm³/mol. The van der Waals surface area contributed by atoms with Crippen LogP contribution in [-0.2, 0) is 9.53 Å². The maximum atomic E-state index is 11.0. The van der Waals surface area contributed by atoms with E-state index < -0.39 is 0 Å². The average molecular weight is 200 g/mol. The first-order valence-electron chi connectivity index (χ1n) is 4.77. The van der Waals surface area contributed by atoms with Gasteiger partial charge in [-0.1, -0.05) is 6.58 Å². The van der Waals surface area contributed by atoms with Crippen molar-refractivity contribution in [3.05, 3.63) is 12.2 Å². The van der Waals surface area contributed by atoms with Crippen molar-refractivity contribution in [3.8, 4) is 0 Å². The average Bonchev–Trinajstić information content (AvgIpc) is 2.02. The van der Waals surface area contributed by atoms with E-state index in [0.29, 0.717) is 18.6 Å². The lowest BCUT2D eigenvalue weighted by molar-refractivity contribution is -0.139. The Labute approximate surface area is 85.3 Å². The molecule has 82 valence electrons. The van der Waals surface area contributed by atoms with Gasteiger partial charge in [0.15, 0.2) is 0 Å². The van der Waals surface area contributed by atoms with Crippen molar-refractivity contribution in [1.82, 2.24) is 0 Å². The van der Waals surface area contributed by atoms with Crippen LogP contribution in [0.3, 0.4) is 0 Å². The highest BCUT2D eigenvalue weighted by molar-refractivity contribution is 5.86. The Balaban J connectivity index is 3.54. The summed E-state index contributed by atoms with van der Waals surface area (Å²) in [5.41, 5.74) is 11.7. The molecule has 0 spiro atoms. The van der Waals surface area contributed by atoms with Gasteiger partial charge in [0.2, 0.25) is 0 Å². The molecule has 2 atom stereocenters. The predicted octanol–water partition coefficient (Wildman–Crippen LogP) is 0.560. The van der Waals surface area contributed by atoms with Crippen LogP contribution in [-0.4, -0.2) is 24.7 Å². The first-order chi connectivity index (χ1) is 6.43. The summed E-state index contributed by atoms with van der Waals surface area (Å²) in [7, 11) is 0. The zero-order valence-electron chi connectivity index (χ0n) is 8.95. The summed E-state index contributed by atoms with van der Waals surface area (Å²) < 4.78 is 4.90. The lowest BCUT2D eigenvalue weighted by Gasteiger charge is -2.13. The van der Waals surface area contributed by atoms with Crippen LogP contribution in [0.5, 0.6) is 0 Å². The molecule has 14 heavy (non-hydrogen) atoms. The van der Waals surface area contributed by atoms with Gasteiger partial charge < -0.3 is 16.2 Å². The molecule has 0 radical (unpaired) electrons. The van der Waals surface area contributed by atoms with E-state index in [-0.39, 0.29) is 18.1 Å². The zero-order valence-corrected chi connectivity index (χ0v) is 8.95. The molecule has 2 unspecified atom stereocenters. The molecular formula is C10H20N2O2. The van der Waals surface area contributed by atoms with Gasteiger partial charge in [-0.15, -0.1) is 0 Å². The Morgan fingerprint density at radius 3 is 2.50 bits per heavy atom. The molecule has 0 amide bonds. The lowest BCUT2D eigenvalue weighted by atomic mass is 10.1. The molecule has 0 rings (SSSR count). The molecule has 0 fully saturated rings. The summed E-state index contributed by atoms with van der Waals surface area (Å²) in [6.45, 7) is 7.33. The summed E-state index contributed by atoms with van der Waals surface area (Å²) in [5.74, 6) is -0.363. The molecule has 0 aromatic heterocycles. The van der Waals surface area contributed by atoms with E-state index in [0.717, 1.165) is 6.42 Å². The maximum Gasteiger partial charge on any atom is 0.333 e. The van der Waals surface area contributed by atoms with Crippen molar-refractivity contribution in [1.29, 1.82) is 0 Å². The van der Waals surface area contributed by atoms with Gasteiger partial charge in [0.25, 0.3) is 0 Å². The van der Waals surface area contributed by atoms with Gasteiger partial charge in [-0.2, -0.15) is 0 Å². The van der Waals surface area contributed by atoms with Gasteiger partial charge in [-0.25, -0.2) is 4.79 Å². The van der Waals surface area contributed by atoms with Crippen LogP contribution >= 0.6 is 0 Å². The van der Waals surface area contributed by atoms with Gasteiger partial charge >= 0.3 is 5.97 Å². The Bertz CT molecular complexity index is 202. The summed E-state index contributed by atoms with van der Waals surface area (Å²) >= 11 is 0. The van der Waals surface area contributed by atoms with Crippen molar-refractivity contribution in [2.45, 2.75) is 38.8 Å². The zero-order chi connectivity index (χ0) is 11.1. The van der Waals surface area contributed by atoms with Crippen LogP contribution in [0, 0.1) is 0 Å².